The minimum Gasteiger partial charge on any atom is -0.299 e. The van der Waals surface area contributed by atoms with Gasteiger partial charge in [-0.05, 0) is 18.9 Å². The van der Waals surface area contributed by atoms with Crippen molar-refractivity contribution in [2.24, 2.45) is 5.92 Å². The molecule has 1 nitrogen and oxygen atoms in total. The molecule has 1 saturated carbocycles. The third-order valence-electron chi connectivity index (χ3n) is 2.37. The van der Waals surface area contributed by atoms with Crippen molar-refractivity contribution in [3.05, 3.63) is 22.8 Å². The zero-order chi connectivity index (χ0) is 7.84. The topological polar surface area (TPSA) is 17.1 Å². The number of allylic oxidation sites excluding steroid dienone is 4. The molecule has 0 aromatic carbocycles. The Morgan fingerprint density at radius 1 is 1.45 bits per heavy atom. The third kappa shape index (κ3) is 1.14. The minimum absolute atomic E-state index is 0.178. The first-order valence-electron chi connectivity index (χ1n) is 3.86. The number of rotatable bonds is 0. The van der Waals surface area contributed by atoms with Crippen molar-refractivity contribution >= 4 is 17.4 Å². The lowest BCUT2D eigenvalue weighted by molar-refractivity contribution is -0.120. The molecule has 2 aliphatic carbocycles. The molecule has 0 saturated heterocycles. The van der Waals surface area contributed by atoms with Crippen LogP contribution in [-0.2, 0) is 4.79 Å². The van der Waals surface area contributed by atoms with Crippen LogP contribution in [-0.4, -0.2) is 5.78 Å². The third-order valence-corrected chi connectivity index (χ3v) is 2.63. The second-order valence-corrected chi connectivity index (χ2v) is 3.50. The summed E-state index contributed by atoms with van der Waals surface area (Å²) in [6, 6.07) is 0. The van der Waals surface area contributed by atoms with Crippen LogP contribution in [0.4, 0.5) is 0 Å². The molecule has 1 unspecified atom stereocenters. The van der Waals surface area contributed by atoms with Gasteiger partial charge in [0.2, 0.25) is 0 Å². The van der Waals surface area contributed by atoms with Crippen LogP contribution in [0.15, 0.2) is 22.8 Å². The second-order valence-electron chi connectivity index (χ2n) is 3.06. The number of hydrogen-bond donors (Lipinski definition) is 0. The second kappa shape index (κ2) is 2.49. The molecule has 0 aliphatic heterocycles. The van der Waals surface area contributed by atoms with Gasteiger partial charge in [-0.3, -0.25) is 4.79 Å². The molecule has 2 aliphatic rings. The van der Waals surface area contributed by atoms with Crippen LogP contribution in [0.1, 0.15) is 19.3 Å². The monoisotopic (exact) mass is 168 g/mol. The van der Waals surface area contributed by atoms with Crippen molar-refractivity contribution in [1.82, 2.24) is 0 Å². The summed E-state index contributed by atoms with van der Waals surface area (Å²) >= 11 is 5.80. The summed E-state index contributed by atoms with van der Waals surface area (Å²) < 4.78 is 0. The van der Waals surface area contributed by atoms with Gasteiger partial charge in [0.25, 0.3) is 0 Å². The summed E-state index contributed by atoms with van der Waals surface area (Å²) in [5.41, 5.74) is 1.24. The van der Waals surface area contributed by atoms with Gasteiger partial charge in [0.05, 0.1) is 0 Å². The van der Waals surface area contributed by atoms with Gasteiger partial charge in [-0.15, -0.1) is 0 Å². The van der Waals surface area contributed by atoms with E-state index in [4.69, 9.17) is 11.6 Å². The Bertz CT molecular complexity index is 263. The fourth-order valence-corrected chi connectivity index (χ4v) is 1.97. The molecule has 0 spiro atoms. The zero-order valence-corrected chi connectivity index (χ0v) is 6.90. The smallest absolute Gasteiger partial charge is 0.140 e. The lowest BCUT2D eigenvalue weighted by atomic mass is 9.94. The van der Waals surface area contributed by atoms with Crippen LogP contribution in [0.25, 0.3) is 0 Å². The maximum atomic E-state index is 11.2. The Balaban J connectivity index is 2.30. The van der Waals surface area contributed by atoms with Crippen molar-refractivity contribution in [3.63, 3.8) is 0 Å². The van der Waals surface area contributed by atoms with Gasteiger partial charge in [-0.2, -0.15) is 0 Å². The highest BCUT2D eigenvalue weighted by Gasteiger charge is 2.29. The van der Waals surface area contributed by atoms with E-state index in [0.29, 0.717) is 12.2 Å². The number of ketones is 1. The summed E-state index contributed by atoms with van der Waals surface area (Å²) in [6.07, 6.45) is 6.34. The number of halogens is 1. The number of hydrogen-bond acceptors (Lipinski definition) is 1. The van der Waals surface area contributed by atoms with E-state index in [-0.39, 0.29) is 5.92 Å². The lowest BCUT2D eigenvalue weighted by Gasteiger charge is -2.12. The SMILES string of the molecule is O=C1CCC2=CC(Cl)=CCC12. The first-order valence-corrected chi connectivity index (χ1v) is 4.24. The minimum atomic E-state index is 0.178. The summed E-state index contributed by atoms with van der Waals surface area (Å²) in [4.78, 5) is 11.2. The molecule has 0 aromatic rings. The molecular formula is C9H9ClO. The van der Waals surface area contributed by atoms with Crippen LogP contribution in [0.5, 0.6) is 0 Å². The first-order chi connectivity index (χ1) is 5.27. The Kier molecular flexibility index (Phi) is 1.61. The Morgan fingerprint density at radius 3 is 3.09 bits per heavy atom. The summed E-state index contributed by atoms with van der Waals surface area (Å²) in [5.74, 6) is 0.564. The predicted octanol–water partition coefficient (Wildman–Crippen LogP) is 2.42. The highest BCUT2D eigenvalue weighted by molar-refractivity contribution is 6.31. The Hall–Kier alpha value is -0.560. The molecule has 11 heavy (non-hydrogen) atoms. The van der Waals surface area contributed by atoms with E-state index in [1.54, 1.807) is 0 Å². The lowest BCUT2D eigenvalue weighted by Crippen LogP contribution is -2.08. The van der Waals surface area contributed by atoms with Crippen molar-refractivity contribution in [2.75, 3.05) is 0 Å². The van der Waals surface area contributed by atoms with E-state index in [1.807, 2.05) is 12.2 Å². The number of fused-ring (bicyclic) bond motifs is 1. The van der Waals surface area contributed by atoms with E-state index >= 15 is 0 Å². The van der Waals surface area contributed by atoms with E-state index in [1.165, 1.54) is 5.57 Å². The van der Waals surface area contributed by atoms with Gasteiger partial charge >= 0.3 is 0 Å². The number of carbonyl (C=O) groups is 1. The van der Waals surface area contributed by atoms with Crippen LogP contribution in [0, 0.1) is 5.92 Å². The Morgan fingerprint density at radius 2 is 2.27 bits per heavy atom. The largest absolute Gasteiger partial charge is 0.299 e. The van der Waals surface area contributed by atoms with Crippen molar-refractivity contribution in [3.8, 4) is 0 Å². The molecule has 0 bridgehead atoms. The fourth-order valence-electron chi connectivity index (χ4n) is 1.74. The van der Waals surface area contributed by atoms with E-state index in [2.05, 4.69) is 0 Å². The van der Waals surface area contributed by atoms with Gasteiger partial charge in [0.1, 0.15) is 5.78 Å². The highest BCUT2D eigenvalue weighted by Crippen LogP contribution is 2.35. The quantitative estimate of drug-likeness (QED) is 0.543. The predicted molar refractivity (Wildman–Crippen MR) is 44.4 cm³/mol. The molecule has 2 heteroatoms. The molecule has 0 amide bonds. The van der Waals surface area contributed by atoms with E-state index in [9.17, 15) is 4.79 Å². The standard InChI is InChI=1S/C9H9ClO/c10-7-2-3-8-6(5-7)1-4-9(8)11/h2,5,8H,1,3-4H2. The van der Waals surface area contributed by atoms with Crippen molar-refractivity contribution in [1.29, 1.82) is 0 Å². The van der Waals surface area contributed by atoms with Crippen molar-refractivity contribution < 1.29 is 4.79 Å². The van der Waals surface area contributed by atoms with Crippen molar-refractivity contribution in [2.45, 2.75) is 19.3 Å². The molecule has 58 valence electrons. The maximum absolute atomic E-state index is 11.2. The summed E-state index contributed by atoms with van der Waals surface area (Å²) in [5, 5.41) is 0.797. The van der Waals surface area contributed by atoms with E-state index < -0.39 is 0 Å². The number of Topliss-reactive ketones (excluding diaryl/α,β-unsaturated/α-hetero) is 1. The van der Waals surface area contributed by atoms with Crippen LogP contribution < -0.4 is 0 Å². The molecule has 0 N–H and O–H groups in total. The Labute approximate surface area is 70.7 Å². The average molecular weight is 169 g/mol. The van der Waals surface area contributed by atoms with Gasteiger partial charge in [0.15, 0.2) is 0 Å². The summed E-state index contributed by atoms with van der Waals surface area (Å²) in [6.45, 7) is 0. The number of carbonyl (C=O) groups excluding carboxylic acids is 1. The maximum Gasteiger partial charge on any atom is 0.140 e. The van der Waals surface area contributed by atoms with Crippen LogP contribution >= 0.6 is 11.6 Å². The molecule has 0 heterocycles. The molecule has 1 atom stereocenters. The zero-order valence-electron chi connectivity index (χ0n) is 6.14. The highest BCUT2D eigenvalue weighted by atomic mass is 35.5. The normalized spacial score (nSPS) is 29.5. The molecule has 0 radical (unpaired) electrons. The van der Waals surface area contributed by atoms with E-state index in [0.717, 1.165) is 17.9 Å². The van der Waals surface area contributed by atoms with Gasteiger partial charge in [-0.1, -0.05) is 23.3 Å². The van der Waals surface area contributed by atoms with Gasteiger partial charge in [-0.25, -0.2) is 0 Å². The molecule has 0 aromatic heterocycles. The van der Waals surface area contributed by atoms with Crippen LogP contribution in [0.2, 0.25) is 0 Å². The molecule has 1 fully saturated rings. The summed E-state index contributed by atoms with van der Waals surface area (Å²) in [7, 11) is 0. The first kappa shape index (κ1) is 7.11. The molecule has 2 rings (SSSR count). The van der Waals surface area contributed by atoms with Crippen LogP contribution in [0.3, 0.4) is 0 Å². The fraction of sp³-hybridized carbons (Fsp3) is 0.444. The average Bonchev–Trinajstić information content (AvgIpc) is 2.32. The van der Waals surface area contributed by atoms with Gasteiger partial charge in [0, 0.05) is 17.4 Å². The van der Waals surface area contributed by atoms with Gasteiger partial charge < -0.3 is 0 Å². The molecular weight excluding hydrogens is 160 g/mol.